The molecule has 0 radical (unpaired) electrons. The van der Waals surface area contributed by atoms with Gasteiger partial charge in [0.1, 0.15) is 5.82 Å². The largest absolute Gasteiger partial charge is 0.339 e. The van der Waals surface area contributed by atoms with Gasteiger partial charge < -0.3 is 4.90 Å². The second-order valence-corrected chi connectivity index (χ2v) is 4.46. The van der Waals surface area contributed by atoms with E-state index in [1.807, 2.05) is 0 Å². The molecule has 1 aromatic rings. The fourth-order valence-corrected chi connectivity index (χ4v) is 2.16. The molecule has 0 spiro atoms. The summed E-state index contributed by atoms with van der Waals surface area (Å²) >= 11 is 6.02. The number of amides is 1. The van der Waals surface area contributed by atoms with Gasteiger partial charge in [0.15, 0.2) is 0 Å². The molecule has 1 heterocycles. The van der Waals surface area contributed by atoms with Crippen molar-refractivity contribution in [2.24, 2.45) is 0 Å². The molecule has 4 heteroatoms. The molecule has 2 nitrogen and oxygen atoms in total. The topological polar surface area (TPSA) is 20.3 Å². The Kier molecular flexibility index (Phi) is 3.15. The van der Waals surface area contributed by atoms with Crippen molar-refractivity contribution in [3.8, 4) is 0 Å². The summed E-state index contributed by atoms with van der Waals surface area (Å²) in [4.78, 5) is 13.8. The highest BCUT2D eigenvalue weighted by molar-refractivity contribution is 6.34. The quantitative estimate of drug-likeness (QED) is 0.740. The van der Waals surface area contributed by atoms with Crippen LogP contribution in [0.15, 0.2) is 12.1 Å². The maximum absolute atomic E-state index is 13.2. The average Bonchev–Trinajstić information content (AvgIpc) is 2.75. The van der Waals surface area contributed by atoms with E-state index in [1.54, 1.807) is 11.8 Å². The van der Waals surface area contributed by atoms with Crippen molar-refractivity contribution in [2.75, 3.05) is 13.1 Å². The van der Waals surface area contributed by atoms with Crippen LogP contribution >= 0.6 is 11.6 Å². The van der Waals surface area contributed by atoms with E-state index in [0.717, 1.165) is 25.9 Å². The van der Waals surface area contributed by atoms with Crippen molar-refractivity contribution < 1.29 is 9.18 Å². The third kappa shape index (κ3) is 2.05. The molecule has 16 heavy (non-hydrogen) atoms. The highest BCUT2D eigenvalue weighted by Crippen LogP contribution is 2.24. The van der Waals surface area contributed by atoms with Crippen LogP contribution in [0.3, 0.4) is 0 Å². The number of hydrogen-bond donors (Lipinski definition) is 0. The molecular weight excluding hydrogens is 229 g/mol. The van der Waals surface area contributed by atoms with Gasteiger partial charge in [-0.05, 0) is 37.5 Å². The molecule has 0 aliphatic carbocycles. The second kappa shape index (κ2) is 4.42. The van der Waals surface area contributed by atoms with Crippen LogP contribution in [0.4, 0.5) is 4.39 Å². The first kappa shape index (κ1) is 11.4. The van der Waals surface area contributed by atoms with E-state index in [4.69, 9.17) is 11.6 Å². The predicted octanol–water partition coefficient (Wildman–Crippen LogP) is 3.02. The summed E-state index contributed by atoms with van der Waals surface area (Å²) < 4.78 is 13.2. The lowest BCUT2D eigenvalue weighted by molar-refractivity contribution is 0.0792. The Hall–Kier alpha value is -1.09. The van der Waals surface area contributed by atoms with Gasteiger partial charge in [0.2, 0.25) is 0 Å². The predicted molar refractivity (Wildman–Crippen MR) is 61.3 cm³/mol. The number of hydrogen-bond acceptors (Lipinski definition) is 1. The third-order valence-corrected chi connectivity index (χ3v) is 3.34. The molecule has 0 saturated carbocycles. The number of nitrogens with zero attached hydrogens (tertiary/aromatic N) is 1. The Morgan fingerprint density at radius 1 is 1.38 bits per heavy atom. The van der Waals surface area contributed by atoms with Crippen LogP contribution in [0.1, 0.15) is 28.8 Å². The Balaban J connectivity index is 2.35. The van der Waals surface area contributed by atoms with E-state index in [2.05, 4.69) is 0 Å². The smallest absolute Gasteiger partial charge is 0.255 e. The van der Waals surface area contributed by atoms with E-state index in [0.29, 0.717) is 10.6 Å². The first-order chi connectivity index (χ1) is 7.59. The van der Waals surface area contributed by atoms with Crippen LogP contribution < -0.4 is 0 Å². The lowest BCUT2D eigenvalue weighted by atomic mass is 10.1. The maximum Gasteiger partial charge on any atom is 0.255 e. The van der Waals surface area contributed by atoms with E-state index in [1.165, 1.54) is 12.1 Å². The van der Waals surface area contributed by atoms with Crippen LogP contribution in [0.5, 0.6) is 0 Å². The summed E-state index contributed by atoms with van der Waals surface area (Å²) in [6.07, 6.45) is 2.02. The Morgan fingerprint density at radius 3 is 2.62 bits per heavy atom. The van der Waals surface area contributed by atoms with E-state index < -0.39 is 5.82 Å². The lowest BCUT2D eigenvalue weighted by Crippen LogP contribution is -2.28. The van der Waals surface area contributed by atoms with Crippen molar-refractivity contribution in [2.45, 2.75) is 19.8 Å². The molecule has 0 atom stereocenters. The van der Waals surface area contributed by atoms with Gasteiger partial charge >= 0.3 is 0 Å². The second-order valence-electron chi connectivity index (χ2n) is 4.08. The van der Waals surface area contributed by atoms with Crippen LogP contribution in [0, 0.1) is 12.7 Å². The van der Waals surface area contributed by atoms with Crippen molar-refractivity contribution in [1.82, 2.24) is 4.90 Å². The summed E-state index contributed by atoms with van der Waals surface area (Å²) in [5.41, 5.74) is 0.880. The van der Waals surface area contributed by atoms with Crippen LogP contribution in [-0.2, 0) is 0 Å². The first-order valence-electron chi connectivity index (χ1n) is 5.34. The van der Waals surface area contributed by atoms with Gasteiger partial charge in [0.05, 0.1) is 10.6 Å². The minimum absolute atomic E-state index is 0.162. The van der Waals surface area contributed by atoms with Gasteiger partial charge in [-0.3, -0.25) is 4.79 Å². The highest BCUT2D eigenvalue weighted by atomic mass is 35.5. The fourth-order valence-electron chi connectivity index (χ4n) is 1.97. The summed E-state index contributed by atoms with van der Waals surface area (Å²) in [5, 5.41) is 0.360. The van der Waals surface area contributed by atoms with E-state index in [9.17, 15) is 9.18 Å². The van der Waals surface area contributed by atoms with Gasteiger partial charge in [-0.1, -0.05) is 11.6 Å². The van der Waals surface area contributed by atoms with Gasteiger partial charge in [-0.2, -0.15) is 0 Å². The molecule has 1 fully saturated rings. The minimum atomic E-state index is -0.413. The molecular formula is C12H13ClFNO. The molecule has 86 valence electrons. The van der Waals surface area contributed by atoms with Gasteiger partial charge in [0.25, 0.3) is 5.91 Å². The van der Waals surface area contributed by atoms with Gasteiger partial charge in [-0.25, -0.2) is 4.39 Å². The summed E-state index contributed by atoms with van der Waals surface area (Å²) in [6.45, 7) is 3.18. The average molecular weight is 242 g/mol. The standard InChI is InChI=1S/C12H13ClFNO/c1-8-6-9(14)7-10(11(8)13)12(16)15-4-2-3-5-15/h6-7H,2-5H2,1H3. The normalized spacial score (nSPS) is 15.6. The number of rotatable bonds is 1. The molecule has 1 saturated heterocycles. The number of likely N-dealkylation sites (tertiary alicyclic amines) is 1. The zero-order chi connectivity index (χ0) is 11.7. The van der Waals surface area contributed by atoms with Crippen molar-refractivity contribution >= 4 is 17.5 Å². The van der Waals surface area contributed by atoms with Crippen molar-refractivity contribution in [3.63, 3.8) is 0 Å². The third-order valence-electron chi connectivity index (χ3n) is 2.84. The molecule has 0 unspecified atom stereocenters. The molecule has 1 aliphatic rings. The number of halogens is 2. The molecule has 1 aromatic carbocycles. The van der Waals surface area contributed by atoms with Crippen LogP contribution in [-0.4, -0.2) is 23.9 Å². The zero-order valence-electron chi connectivity index (χ0n) is 9.09. The lowest BCUT2D eigenvalue weighted by Gasteiger charge is -2.16. The van der Waals surface area contributed by atoms with E-state index in [-0.39, 0.29) is 11.5 Å². The molecule has 0 N–H and O–H groups in total. The Bertz CT molecular complexity index is 427. The number of carbonyl (C=O) groups is 1. The molecule has 1 aliphatic heterocycles. The Morgan fingerprint density at radius 2 is 2.00 bits per heavy atom. The molecule has 2 rings (SSSR count). The van der Waals surface area contributed by atoms with Crippen molar-refractivity contribution in [3.05, 3.63) is 34.1 Å². The fraction of sp³-hybridized carbons (Fsp3) is 0.417. The Labute approximate surface area is 99.0 Å². The van der Waals surface area contributed by atoms with Gasteiger partial charge in [0, 0.05) is 13.1 Å². The SMILES string of the molecule is Cc1cc(F)cc(C(=O)N2CCCC2)c1Cl. The van der Waals surface area contributed by atoms with E-state index >= 15 is 0 Å². The minimum Gasteiger partial charge on any atom is -0.339 e. The first-order valence-corrected chi connectivity index (χ1v) is 5.72. The molecule has 0 aromatic heterocycles. The summed E-state index contributed by atoms with van der Waals surface area (Å²) in [5.74, 6) is -0.574. The number of aryl methyl sites for hydroxylation is 1. The molecule has 0 bridgehead atoms. The molecule has 1 amide bonds. The van der Waals surface area contributed by atoms with Crippen molar-refractivity contribution in [1.29, 1.82) is 0 Å². The van der Waals surface area contributed by atoms with Crippen LogP contribution in [0.25, 0.3) is 0 Å². The van der Waals surface area contributed by atoms with Gasteiger partial charge in [-0.15, -0.1) is 0 Å². The monoisotopic (exact) mass is 241 g/mol. The highest BCUT2D eigenvalue weighted by Gasteiger charge is 2.22. The maximum atomic E-state index is 13.2. The zero-order valence-corrected chi connectivity index (χ0v) is 9.85. The number of carbonyl (C=O) groups excluding carboxylic acids is 1. The summed E-state index contributed by atoms with van der Waals surface area (Å²) in [7, 11) is 0. The summed E-state index contributed by atoms with van der Waals surface area (Å²) in [6, 6.07) is 2.55. The number of benzene rings is 1. The van der Waals surface area contributed by atoms with Crippen LogP contribution in [0.2, 0.25) is 5.02 Å².